The Balaban J connectivity index is 3.17. The Morgan fingerprint density at radius 2 is 1.93 bits per heavy atom. The van der Waals surface area contributed by atoms with Crippen LogP contribution in [0.15, 0.2) is 12.1 Å². The van der Waals surface area contributed by atoms with Crippen molar-refractivity contribution in [3.05, 3.63) is 28.5 Å². The average molecular weight is 217 g/mol. The SMILES string of the molecule is CC(C)[C@@H](N)c1ccc(N)c(F)c1Cl. The van der Waals surface area contributed by atoms with Crippen molar-refractivity contribution >= 4 is 17.3 Å². The molecule has 1 aromatic rings. The largest absolute Gasteiger partial charge is 0.396 e. The van der Waals surface area contributed by atoms with Gasteiger partial charge in [-0.25, -0.2) is 4.39 Å². The second-order valence-electron chi connectivity index (χ2n) is 3.64. The average Bonchev–Trinajstić information content (AvgIpc) is 2.13. The first kappa shape index (κ1) is 11.3. The predicted octanol–water partition coefficient (Wildman–Crippen LogP) is 2.72. The van der Waals surface area contributed by atoms with Crippen molar-refractivity contribution in [3.63, 3.8) is 0 Å². The molecule has 1 atom stereocenters. The topological polar surface area (TPSA) is 52.0 Å². The Hall–Kier alpha value is -0.800. The van der Waals surface area contributed by atoms with Crippen molar-refractivity contribution in [2.75, 3.05) is 5.73 Å². The summed E-state index contributed by atoms with van der Waals surface area (Å²) in [5.74, 6) is -0.379. The molecule has 0 bridgehead atoms. The van der Waals surface area contributed by atoms with E-state index < -0.39 is 5.82 Å². The molecule has 0 amide bonds. The first-order valence-electron chi connectivity index (χ1n) is 4.44. The maximum absolute atomic E-state index is 13.3. The van der Waals surface area contributed by atoms with E-state index in [1.165, 1.54) is 6.07 Å². The van der Waals surface area contributed by atoms with Gasteiger partial charge in [-0.15, -0.1) is 0 Å². The molecule has 2 nitrogen and oxygen atoms in total. The van der Waals surface area contributed by atoms with Gasteiger partial charge in [0.2, 0.25) is 0 Å². The molecule has 1 aromatic carbocycles. The van der Waals surface area contributed by atoms with Crippen LogP contribution in [0.3, 0.4) is 0 Å². The molecule has 0 heterocycles. The zero-order valence-electron chi connectivity index (χ0n) is 8.22. The summed E-state index contributed by atoms with van der Waals surface area (Å²) in [6, 6.07) is 2.89. The van der Waals surface area contributed by atoms with E-state index in [9.17, 15) is 4.39 Å². The monoisotopic (exact) mass is 216 g/mol. The molecule has 0 radical (unpaired) electrons. The maximum atomic E-state index is 13.3. The first-order valence-corrected chi connectivity index (χ1v) is 4.82. The Morgan fingerprint density at radius 1 is 1.36 bits per heavy atom. The maximum Gasteiger partial charge on any atom is 0.164 e. The highest BCUT2D eigenvalue weighted by Crippen LogP contribution is 2.30. The molecule has 4 heteroatoms. The Kier molecular flexibility index (Phi) is 3.34. The molecule has 4 N–H and O–H groups in total. The number of hydrogen-bond donors (Lipinski definition) is 2. The van der Waals surface area contributed by atoms with Crippen LogP contribution in [0, 0.1) is 11.7 Å². The summed E-state index contributed by atoms with van der Waals surface area (Å²) in [6.07, 6.45) is 0. The molecule has 0 unspecified atom stereocenters. The number of nitrogens with two attached hydrogens (primary N) is 2. The van der Waals surface area contributed by atoms with Crippen molar-refractivity contribution in [2.24, 2.45) is 11.7 Å². The van der Waals surface area contributed by atoms with Crippen LogP contribution in [0.1, 0.15) is 25.5 Å². The van der Waals surface area contributed by atoms with Gasteiger partial charge in [0, 0.05) is 6.04 Å². The van der Waals surface area contributed by atoms with E-state index in [0.717, 1.165) is 0 Å². The predicted molar refractivity (Wildman–Crippen MR) is 57.6 cm³/mol. The van der Waals surface area contributed by atoms with E-state index in [4.69, 9.17) is 23.1 Å². The molecule has 78 valence electrons. The Bertz CT molecular complexity index is 339. The summed E-state index contributed by atoms with van der Waals surface area (Å²) >= 11 is 5.80. The number of nitrogen functional groups attached to an aromatic ring is 1. The van der Waals surface area contributed by atoms with Gasteiger partial charge < -0.3 is 11.5 Å². The molecule has 0 saturated carbocycles. The summed E-state index contributed by atoms with van der Waals surface area (Å²) in [5.41, 5.74) is 11.9. The van der Waals surface area contributed by atoms with Gasteiger partial charge in [0.1, 0.15) is 0 Å². The molecule has 0 spiro atoms. The van der Waals surface area contributed by atoms with Gasteiger partial charge in [0.25, 0.3) is 0 Å². The van der Waals surface area contributed by atoms with Gasteiger partial charge in [-0.2, -0.15) is 0 Å². The lowest BCUT2D eigenvalue weighted by Gasteiger charge is -2.18. The third kappa shape index (κ3) is 1.99. The minimum atomic E-state index is -0.583. The van der Waals surface area contributed by atoms with Crippen molar-refractivity contribution < 1.29 is 4.39 Å². The van der Waals surface area contributed by atoms with E-state index in [0.29, 0.717) is 5.56 Å². The number of benzene rings is 1. The van der Waals surface area contributed by atoms with Crippen LogP contribution in [0.5, 0.6) is 0 Å². The molecule has 0 aromatic heterocycles. The molecule has 0 saturated heterocycles. The van der Waals surface area contributed by atoms with Crippen LogP contribution in [-0.4, -0.2) is 0 Å². The van der Waals surface area contributed by atoms with E-state index in [2.05, 4.69) is 0 Å². The quantitative estimate of drug-likeness (QED) is 0.747. The standard InChI is InChI=1S/C10H14ClFN2/c1-5(2)10(14)6-3-4-7(13)9(12)8(6)11/h3-5,10H,13-14H2,1-2H3/t10-/m1/s1. The highest BCUT2D eigenvalue weighted by atomic mass is 35.5. The molecule has 1 rings (SSSR count). The van der Waals surface area contributed by atoms with Crippen LogP contribution in [0.2, 0.25) is 5.02 Å². The highest BCUT2D eigenvalue weighted by Gasteiger charge is 2.17. The zero-order chi connectivity index (χ0) is 10.9. The summed E-state index contributed by atoms with van der Waals surface area (Å²) in [5, 5.41) is 0.0335. The molecule has 0 aliphatic heterocycles. The van der Waals surface area contributed by atoms with Crippen LogP contribution >= 0.6 is 11.6 Å². The summed E-state index contributed by atoms with van der Waals surface area (Å²) < 4.78 is 13.3. The fourth-order valence-electron chi connectivity index (χ4n) is 1.20. The minimum absolute atomic E-state index is 0.0335. The molecule has 14 heavy (non-hydrogen) atoms. The third-order valence-corrected chi connectivity index (χ3v) is 2.60. The molecule has 0 fully saturated rings. The van der Waals surface area contributed by atoms with Crippen LogP contribution in [0.25, 0.3) is 0 Å². The Morgan fingerprint density at radius 3 is 2.43 bits per heavy atom. The van der Waals surface area contributed by atoms with Gasteiger partial charge in [-0.3, -0.25) is 0 Å². The third-order valence-electron chi connectivity index (χ3n) is 2.22. The Labute approximate surface area is 88.0 Å². The number of hydrogen-bond acceptors (Lipinski definition) is 2. The number of halogens is 2. The van der Waals surface area contributed by atoms with Gasteiger partial charge in [-0.05, 0) is 17.5 Å². The lowest BCUT2D eigenvalue weighted by molar-refractivity contribution is 0.510. The lowest BCUT2D eigenvalue weighted by atomic mass is 9.96. The first-order chi connectivity index (χ1) is 6.45. The second kappa shape index (κ2) is 4.15. The summed E-state index contributed by atoms with van der Waals surface area (Å²) in [7, 11) is 0. The zero-order valence-corrected chi connectivity index (χ0v) is 8.98. The van der Waals surface area contributed by atoms with Crippen LogP contribution < -0.4 is 11.5 Å². The molecule has 0 aliphatic carbocycles. The molecule has 0 aliphatic rings. The van der Waals surface area contributed by atoms with Gasteiger partial charge in [-0.1, -0.05) is 31.5 Å². The van der Waals surface area contributed by atoms with E-state index in [-0.39, 0.29) is 22.7 Å². The smallest absolute Gasteiger partial charge is 0.164 e. The van der Waals surface area contributed by atoms with Crippen molar-refractivity contribution in [3.8, 4) is 0 Å². The second-order valence-corrected chi connectivity index (χ2v) is 4.02. The summed E-state index contributed by atoms with van der Waals surface area (Å²) in [6.45, 7) is 3.91. The van der Waals surface area contributed by atoms with Gasteiger partial charge >= 0.3 is 0 Å². The van der Waals surface area contributed by atoms with Gasteiger partial charge in [0.15, 0.2) is 5.82 Å². The van der Waals surface area contributed by atoms with E-state index >= 15 is 0 Å². The highest BCUT2D eigenvalue weighted by molar-refractivity contribution is 6.31. The van der Waals surface area contributed by atoms with Crippen LogP contribution in [0.4, 0.5) is 10.1 Å². The molecular weight excluding hydrogens is 203 g/mol. The fraction of sp³-hybridized carbons (Fsp3) is 0.400. The van der Waals surface area contributed by atoms with Crippen molar-refractivity contribution in [1.29, 1.82) is 0 Å². The van der Waals surface area contributed by atoms with Crippen molar-refractivity contribution in [2.45, 2.75) is 19.9 Å². The minimum Gasteiger partial charge on any atom is -0.396 e. The van der Waals surface area contributed by atoms with Gasteiger partial charge in [0.05, 0.1) is 10.7 Å². The number of anilines is 1. The lowest BCUT2D eigenvalue weighted by Crippen LogP contribution is -2.17. The number of rotatable bonds is 2. The summed E-state index contributed by atoms with van der Waals surface area (Å²) in [4.78, 5) is 0. The molecular formula is C10H14ClFN2. The van der Waals surface area contributed by atoms with Crippen molar-refractivity contribution in [1.82, 2.24) is 0 Å². The normalized spacial score (nSPS) is 13.3. The van der Waals surface area contributed by atoms with E-state index in [1.807, 2.05) is 13.8 Å². The van der Waals surface area contributed by atoms with E-state index in [1.54, 1.807) is 6.07 Å². The van der Waals surface area contributed by atoms with Crippen LogP contribution in [-0.2, 0) is 0 Å². The fourth-order valence-corrected chi connectivity index (χ4v) is 1.49.